The van der Waals surface area contributed by atoms with Gasteiger partial charge in [-0.3, -0.25) is 4.79 Å². The number of benzene rings is 2. The number of amides is 1. The molecule has 0 fully saturated rings. The van der Waals surface area contributed by atoms with Crippen molar-refractivity contribution in [3.05, 3.63) is 70.7 Å². The van der Waals surface area contributed by atoms with Gasteiger partial charge in [0.2, 0.25) is 5.91 Å². The Morgan fingerprint density at radius 3 is 2.35 bits per heavy atom. The summed E-state index contributed by atoms with van der Waals surface area (Å²) in [6.45, 7) is 0.552. The summed E-state index contributed by atoms with van der Waals surface area (Å²) >= 11 is 11.9. The van der Waals surface area contributed by atoms with Crippen molar-refractivity contribution in [3.63, 3.8) is 0 Å². The van der Waals surface area contributed by atoms with Gasteiger partial charge in [0, 0.05) is 11.6 Å². The predicted molar refractivity (Wildman–Crippen MR) is 83.2 cm³/mol. The van der Waals surface area contributed by atoms with Crippen molar-refractivity contribution >= 4 is 29.1 Å². The van der Waals surface area contributed by atoms with Crippen LogP contribution in [-0.2, 0) is 11.2 Å². The molecule has 1 amide bonds. The summed E-state index contributed by atoms with van der Waals surface area (Å²) in [4.78, 5) is 11.9. The lowest BCUT2D eigenvalue weighted by Gasteiger charge is -2.10. The number of nitrogens with one attached hydrogen (secondary N) is 1. The van der Waals surface area contributed by atoms with E-state index >= 15 is 0 Å². The first-order valence-electron chi connectivity index (χ1n) is 6.38. The first kappa shape index (κ1) is 14.9. The normalized spacial score (nSPS) is 11.9. The topological polar surface area (TPSA) is 29.1 Å². The Bertz CT molecular complexity index is 554. The zero-order valence-electron chi connectivity index (χ0n) is 10.9. The molecule has 0 aliphatic heterocycles. The number of carbonyl (C=O) groups is 1. The second kappa shape index (κ2) is 7.32. The highest BCUT2D eigenvalue weighted by molar-refractivity contribution is 6.31. The van der Waals surface area contributed by atoms with Crippen LogP contribution >= 0.6 is 23.2 Å². The van der Waals surface area contributed by atoms with Crippen LogP contribution in [0.5, 0.6) is 0 Å². The molecule has 2 aromatic rings. The van der Waals surface area contributed by atoms with Crippen LogP contribution in [0, 0.1) is 0 Å². The number of rotatable bonds is 5. The molecule has 0 heterocycles. The molecular weight excluding hydrogens is 293 g/mol. The molecule has 0 aliphatic rings. The predicted octanol–water partition coefficient (Wildman–Crippen LogP) is 3.98. The monoisotopic (exact) mass is 307 g/mol. The van der Waals surface area contributed by atoms with Gasteiger partial charge in [-0.25, -0.2) is 0 Å². The van der Waals surface area contributed by atoms with E-state index in [0.717, 1.165) is 17.5 Å². The Balaban J connectivity index is 1.82. The average molecular weight is 308 g/mol. The lowest BCUT2D eigenvalue weighted by molar-refractivity contribution is -0.120. The molecule has 0 aliphatic carbocycles. The molecule has 0 aromatic heterocycles. The summed E-state index contributed by atoms with van der Waals surface area (Å²) in [5.74, 6) is -0.174. The molecule has 2 aromatic carbocycles. The molecule has 0 saturated heterocycles. The highest BCUT2D eigenvalue weighted by Gasteiger charge is 2.16. The summed E-state index contributed by atoms with van der Waals surface area (Å²) in [6.07, 6.45) is 0.751. The van der Waals surface area contributed by atoms with Crippen LogP contribution in [0.25, 0.3) is 0 Å². The van der Waals surface area contributed by atoms with Gasteiger partial charge >= 0.3 is 0 Å². The molecule has 104 valence electrons. The van der Waals surface area contributed by atoms with Crippen molar-refractivity contribution in [2.75, 3.05) is 6.54 Å². The van der Waals surface area contributed by atoms with Gasteiger partial charge in [0.1, 0.15) is 5.38 Å². The molecule has 1 N–H and O–H groups in total. The van der Waals surface area contributed by atoms with E-state index in [0.29, 0.717) is 11.6 Å². The van der Waals surface area contributed by atoms with E-state index in [9.17, 15) is 4.79 Å². The fourth-order valence-corrected chi connectivity index (χ4v) is 2.19. The SMILES string of the molecule is O=C(NCCc1ccc(Cl)cc1)[C@@H](Cl)c1ccccc1. The van der Waals surface area contributed by atoms with Crippen molar-refractivity contribution in [1.29, 1.82) is 0 Å². The average Bonchev–Trinajstić information content (AvgIpc) is 2.49. The van der Waals surface area contributed by atoms with Gasteiger partial charge in [-0.1, -0.05) is 54.1 Å². The summed E-state index contributed by atoms with van der Waals surface area (Å²) in [5.41, 5.74) is 1.93. The van der Waals surface area contributed by atoms with E-state index in [1.54, 1.807) is 0 Å². The smallest absolute Gasteiger partial charge is 0.242 e. The molecule has 2 rings (SSSR count). The van der Waals surface area contributed by atoms with E-state index in [2.05, 4.69) is 5.32 Å². The lowest BCUT2D eigenvalue weighted by Crippen LogP contribution is -2.28. The van der Waals surface area contributed by atoms with Gasteiger partial charge in [-0.15, -0.1) is 11.6 Å². The van der Waals surface area contributed by atoms with E-state index < -0.39 is 5.38 Å². The Morgan fingerprint density at radius 2 is 1.70 bits per heavy atom. The summed E-state index contributed by atoms with van der Waals surface area (Å²) in [6, 6.07) is 16.9. The molecular formula is C16H15Cl2NO. The minimum Gasteiger partial charge on any atom is -0.354 e. The number of hydrogen-bond donors (Lipinski definition) is 1. The van der Waals surface area contributed by atoms with Gasteiger partial charge < -0.3 is 5.32 Å². The zero-order valence-corrected chi connectivity index (χ0v) is 12.4. The second-order valence-corrected chi connectivity index (χ2v) is 5.31. The summed E-state index contributed by atoms with van der Waals surface area (Å²) < 4.78 is 0. The van der Waals surface area contributed by atoms with E-state index in [-0.39, 0.29) is 5.91 Å². The molecule has 2 nitrogen and oxygen atoms in total. The van der Waals surface area contributed by atoms with Crippen LogP contribution in [0.3, 0.4) is 0 Å². The lowest BCUT2D eigenvalue weighted by atomic mass is 10.1. The van der Waals surface area contributed by atoms with Crippen LogP contribution in [0.4, 0.5) is 0 Å². The maximum Gasteiger partial charge on any atom is 0.242 e. The van der Waals surface area contributed by atoms with Gasteiger partial charge in [0.15, 0.2) is 0 Å². The van der Waals surface area contributed by atoms with Crippen molar-refractivity contribution < 1.29 is 4.79 Å². The number of halogens is 2. The number of hydrogen-bond acceptors (Lipinski definition) is 1. The fourth-order valence-electron chi connectivity index (χ4n) is 1.84. The minimum absolute atomic E-state index is 0.174. The van der Waals surface area contributed by atoms with Crippen molar-refractivity contribution in [3.8, 4) is 0 Å². The van der Waals surface area contributed by atoms with Crippen LogP contribution in [0.15, 0.2) is 54.6 Å². The van der Waals surface area contributed by atoms with E-state index in [1.807, 2.05) is 54.6 Å². The maximum absolute atomic E-state index is 11.9. The van der Waals surface area contributed by atoms with Gasteiger partial charge in [0.25, 0.3) is 0 Å². The molecule has 0 radical (unpaired) electrons. The van der Waals surface area contributed by atoms with Crippen LogP contribution < -0.4 is 5.32 Å². The Morgan fingerprint density at radius 1 is 1.05 bits per heavy atom. The van der Waals surface area contributed by atoms with Crippen molar-refractivity contribution in [1.82, 2.24) is 5.32 Å². The summed E-state index contributed by atoms with van der Waals surface area (Å²) in [7, 11) is 0. The second-order valence-electron chi connectivity index (χ2n) is 4.44. The fraction of sp³-hybridized carbons (Fsp3) is 0.188. The van der Waals surface area contributed by atoms with Gasteiger partial charge in [0.05, 0.1) is 0 Å². The van der Waals surface area contributed by atoms with Gasteiger partial charge in [-0.2, -0.15) is 0 Å². The molecule has 0 bridgehead atoms. The molecule has 20 heavy (non-hydrogen) atoms. The quantitative estimate of drug-likeness (QED) is 0.832. The van der Waals surface area contributed by atoms with Crippen LogP contribution in [0.1, 0.15) is 16.5 Å². The third-order valence-corrected chi connectivity index (χ3v) is 3.65. The Kier molecular flexibility index (Phi) is 5.45. The molecule has 4 heteroatoms. The Hall–Kier alpha value is -1.51. The van der Waals surface area contributed by atoms with Crippen LogP contribution in [-0.4, -0.2) is 12.5 Å². The van der Waals surface area contributed by atoms with E-state index in [1.165, 1.54) is 0 Å². The molecule has 0 spiro atoms. The molecule has 0 unspecified atom stereocenters. The molecule has 1 atom stereocenters. The van der Waals surface area contributed by atoms with Gasteiger partial charge in [-0.05, 0) is 29.7 Å². The third kappa shape index (κ3) is 4.26. The zero-order chi connectivity index (χ0) is 14.4. The highest BCUT2D eigenvalue weighted by Crippen LogP contribution is 2.19. The first-order chi connectivity index (χ1) is 9.66. The highest BCUT2D eigenvalue weighted by atomic mass is 35.5. The number of alkyl halides is 1. The Labute approximate surface area is 128 Å². The van der Waals surface area contributed by atoms with Crippen LogP contribution in [0.2, 0.25) is 5.02 Å². The molecule has 0 saturated carbocycles. The first-order valence-corrected chi connectivity index (χ1v) is 7.19. The summed E-state index contributed by atoms with van der Waals surface area (Å²) in [5, 5.41) is 2.90. The minimum atomic E-state index is -0.651. The van der Waals surface area contributed by atoms with E-state index in [4.69, 9.17) is 23.2 Å². The largest absolute Gasteiger partial charge is 0.354 e. The van der Waals surface area contributed by atoms with Crippen molar-refractivity contribution in [2.45, 2.75) is 11.8 Å². The maximum atomic E-state index is 11.9. The third-order valence-electron chi connectivity index (χ3n) is 2.95. The van der Waals surface area contributed by atoms with Crippen molar-refractivity contribution in [2.24, 2.45) is 0 Å². The number of carbonyl (C=O) groups excluding carboxylic acids is 1. The standard InChI is InChI=1S/C16H15Cl2NO/c17-14-8-6-12(7-9-14)10-11-19-16(20)15(18)13-4-2-1-3-5-13/h1-9,15H,10-11H2,(H,19,20)/t15-/m0/s1.